The summed E-state index contributed by atoms with van der Waals surface area (Å²) in [6.07, 6.45) is 1.02. The zero-order valence-corrected chi connectivity index (χ0v) is 8.54. The molecular formula is C8H18N2O4. The lowest BCUT2D eigenvalue weighted by Gasteiger charge is -1.92. The fraction of sp³-hybridized carbons (Fsp3) is 0.750. The molecule has 0 heterocycles. The second kappa shape index (κ2) is 11.9. The summed E-state index contributed by atoms with van der Waals surface area (Å²) >= 11 is 0. The molecule has 0 aromatic rings. The van der Waals surface area contributed by atoms with Gasteiger partial charge in [-0.05, 0) is 26.9 Å². The van der Waals surface area contributed by atoms with Crippen molar-refractivity contribution in [2.75, 3.05) is 14.1 Å². The zero-order chi connectivity index (χ0) is 11.4. The van der Waals surface area contributed by atoms with E-state index in [0.29, 0.717) is 12.8 Å². The second-order valence-electron chi connectivity index (χ2n) is 2.49. The Morgan fingerprint density at radius 1 is 0.929 bits per heavy atom. The van der Waals surface area contributed by atoms with Crippen molar-refractivity contribution in [3.63, 3.8) is 0 Å². The molecule has 0 aromatic heterocycles. The normalized spacial score (nSPS) is 8.71. The maximum atomic E-state index is 9.90. The summed E-state index contributed by atoms with van der Waals surface area (Å²) in [7, 11) is 3.64. The van der Waals surface area contributed by atoms with Crippen LogP contribution in [0.4, 0.5) is 0 Å². The Labute approximate surface area is 83.3 Å². The van der Waals surface area contributed by atoms with Crippen LogP contribution in [0.3, 0.4) is 0 Å². The van der Waals surface area contributed by atoms with E-state index in [4.69, 9.17) is 10.2 Å². The van der Waals surface area contributed by atoms with Crippen LogP contribution in [0.15, 0.2) is 0 Å². The number of carboxylic acid groups (broad SMARTS) is 2. The van der Waals surface area contributed by atoms with Crippen molar-refractivity contribution in [3.05, 3.63) is 0 Å². The highest BCUT2D eigenvalue weighted by atomic mass is 16.4. The third kappa shape index (κ3) is 22.4. The van der Waals surface area contributed by atoms with Gasteiger partial charge in [0.25, 0.3) is 0 Å². The summed E-state index contributed by atoms with van der Waals surface area (Å²) in [6.45, 7) is 0. The van der Waals surface area contributed by atoms with E-state index < -0.39 is 11.9 Å². The van der Waals surface area contributed by atoms with Gasteiger partial charge in [-0.15, -0.1) is 0 Å². The summed E-state index contributed by atoms with van der Waals surface area (Å²) in [5.74, 6) is -1.74. The van der Waals surface area contributed by atoms with E-state index in [1.807, 2.05) is 14.1 Å². The summed E-state index contributed by atoms with van der Waals surface area (Å²) in [6, 6.07) is 0. The third-order valence-electron chi connectivity index (χ3n) is 1.28. The molecule has 0 aliphatic rings. The number of hydrazine groups is 1. The van der Waals surface area contributed by atoms with Gasteiger partial charge >= 0.3 is 11.9 Å². The summed E-state index contributed by atoms with van der Waals surface area (Å²) < 4.78 is 0. The molecule has 14 heavy (non-hydrogen) atoms. The van der Waals surface area contributed by atoms with Crippen molar-refractivity contribution in [1.82, 2.24) is 10.9 Å². The first-order valence-corrected chi connectivity index (χ1v) is 4.31. The predicted molar refractivity (Wildman–Crippen MR) is 51.9 cm³/mol. The standard InChI is InChI=1S/C6H10O4.C2H8N2/c7-5(8)3-1-2-4-6(9)10;1-3-4-2/h1-4H2,(H,7,8)(H,9,10);3-4H,1-2H3. The molecule has 0 amide bonds. The number of carbonyl (C=O) groups is 2. The van der Waals surface area contributed by atoms with Crippen LogP contribution in [0.25, 0.3) is 0 Å². The van der Waals surface area contributed by atoms with Crippen LogP contribution in [-0.2, 0) is 9.59 Å². The topological polar surface area (TPSA) is 98.7 Å². The Balaban J connectivity index is 0. The highest BCUT2D eigenvalue weighted by Crippen LogP contribution is 1.98. The van der Waals surface area contributed by atoms with Crippen molar-refractivity contribution < 1.29 is 19.8 Å². The monoisotopic (exact) mass is 206 g/mol. The Morgan fingerprint density at radius 3 is 1.36 bits per heavy atom. The van der Waals surface area contributed by atoms with E-state index in [9.17, 15) is 9.59 Å². The molecule has 84 valence electrons. The smallest absolute Gasteiger partial charge is 0.303 e. The Hall–Kier alpha value is -1.14. The zero-order valence-electron chi connectivity index (χ0n) is 8.54. The fourth-order valence-electron chi connectivity index (χ4n) is 0.552. The van der Waals surface area contributed by atoms with Gasteiger partial charge in [0.1, 0.15) is 0 Å². The van der Waals surface area contributed by atoms with Gasteiger partial charge < -0.3 is 10.2 Å². The lowest BCUT2D eigenvalue weighted by atomic mass is 10.2. The van der Waals surface area contributed by atoms with Gasteiger partial charge in [0.2, 0.25) is 0 Å². The van der Waals surface area contributed by atoms with Gasteiger partial charge in [0, 0.05) is 12.8 Å². The molecule has 0 aliphatic carbocycles. The van der Waals surface area contributed by atoms with Gasteiger partial charge in [-0.1, -0.05) is 0 Å². The lowest BCUT2D eigenvalue weighted by Crippen LogP contribution is -2.21. The highest BCUT2D eigenvalue weighted by Gasteiger charge is 1.99. The summed E-state index contributed by atoms with van der Waals surface area (Å²) in [4.78, 5) is 19.8. The maximum Gasteiger partial charge on any atom is 0.303 e. The minimum atomic E-state index is -0.870. The van der Waals surface area contributed by atoms with Gasteiger partial charge in [-0.3, -0.25) is 20.4 Å². The quantitative estimate of drug-likeness (QED) is 0.362. The maximum absolute atomic E-state index is 9.90. The molecule has 0 aliphatic heterocycles. The van der Waals surface area contributed by atoms with E-state index in [1.165, 1.54) is 0 Å². The lowest BCUT2D eigenvalue weighted by molar-refractivity contribution is -0.139. The average Bonchev–Trinajstić information content (AvgIpc) is 2.12. The Morgan fingerprint density at radius 2 is 1.21 bits per heavy atom. The van der Waals surface area contributed by atoms with Crippen molar-refractivity contribution in [2.45, 2.75) is 25.7 Å². The van der Waals surface area contributed by atoms with Crippen LogP contribution in [0.2, 0.25) is 0 Å². The van der Waals surface area contributed by atoms with E-state index in [1.54, 1.807) is 0 Å². The molecular weight excluding hydrogens is 188 g/mol. The third-order valence-corrected chi connectivity index (χ3v) is 1.28. The second-order valence-corrected chi connectivity index (χ2v) is 2.49. The van der Waals surface area contributed by atoms with Crippen molar-refractivity contribution in [1.29, 1.82) is 0 Å². The largest absolute Gasteiger partial charge is 0.481 e. The number of hydrogen-bond acceptors (Lipinski definition) is 4. The van der Waals surface area contributed by atoms with E-state index in [-0.39, 0.29) is 12.8 Å². The number of rotatable bonds is 6. The van der Waals surface area contributed by atoms with E-state index in [2.05, 4.69) is 10.9 Å². The van der Waals surface area contributed by atoms with Gasteiger partial charge in [0.05, 0.1) is 0 Å². The van der Waals surface area contributed by atoms with Crippen LogP contribution >= 0.6 is 0 Å². The molecule has 6 nitrogen and oxygen atoms in total. The van der Waals surface area contributed by atoms with Gasteiger partial charge in [-0.25, -0.2) is 0 Å². The molecule has 4 N–H and O–H groups in total. The summed E-state index contributed by atoms with van der Waals surface area (Å²) in [5.41, 5.74) is 5.36. The first kappa shape index (κ1) is 15.3. The van der Waals surface area contributed by atoms with E-state index in [0.717, 1.165) is 0 Å². The Bertz CT molecular complexity index is 143. The molecule has 0 bridgehead atoms. The molecule has 0 radical (unpaired) electrons. The van der Waals surface area contributed by atoms with Crippen LogP contribution in [0, 0.1) is 0 Å². The van der Waals surface area contributed by atoms with E-state index >= 15 is 0 Å². The number of carboxylic acids is 2. The Kier molecular flexibility index (Phi) is 13.0. The first-order chi connectivity index (χ1) is 6.54. The van der Waals surface area contributed by atoms with Crippen LogP contribution in [-0.4, -0.2) is 36.2 Å². The predicted octanol–water partition coefficient (Wildman–Crippen LogP) is 0.0562. The molecule has 0 saturated heterocycles. The molecule has 0 saturated carbocycles. The molecule has 0 rings (SSSR count). The van der Waals surface area contributed by atoms with Crippen LogP contribution in [0.5, 0.6) is 0 Å². The van der Waals surface area contributed by atoms with Crippen LogP contribution < -0.4 is 10.9 Å². The molecule has 0 fully saturated rings. The molecule has 6 heteroatoms. The van der Waals surface area contributed by atoms with Crippen LogP contribution in [0.1, 0.15) is 25.7 Å². The van der Waals surface area contributed by atoms with Crippen molar-refractivity contribution >= 4 is 11.9 Å². The molecule has 0 atom stereocenters. The fourth-order valence-corrected chi connectivity index (χ4v) is 0.552. The SMILES string of the molecule is CNNC.O=C(O)CCCCC(=O)O. The number of unbranched alkanes of at least 4 members (excludes halogenated alkanes) is 1. The minimum Gasteiger partial charge on any atom is -0.481 e. The number of aliphatic carboxylic acids is 2. The minimum absolute atomic E-state index is 0.0628. The number of hydrogen-bond donors (Lipinski definition) is 4. The van der Waals surface area contributed by atoms with Crippen molar-refractivity contribution in [3.8, 4) is 0 Å². The molecule has 0 aromatic carbocycles. The molecule has 0 unspecified atom stereocenters. The number of nitrogens with one attached hydrogen (secondary N) is 2. The first-order valence-electron chi connectivity index (χ1n) is 4.31. The average molecular weight is 206 g/mol. The van der Waals surface area contributed by atoms with Gasteiger partial charge in [-0.2, -0.15) is 0 Å². The van der Waals surface area contributed by atoms with Crippen molar-refractivity contribution in [2.24, 2.45) is 0 Å². The van der Waals surface area contributed by atoms with Gasteiger partial charge in [0.15, 0.2) is 0 Å². The highest BCUT2D eigenvalue weighted by molar-refractivity contribution is 5.67. The summed E-state index contributed by atoms with van der Waals surface area (Å²) in [5, 5.41) is 16.3. The molecule has 0 spiro atoms.